The third-order valence-corrected chi connectivity index (χ3v) is 6.29. The summed E-state index contributed by atoms with van der Waals surface area (Å²) in [6.45, 7) is 5.70. The van der Waals surface area contributed by atoms with Crippen molar-refractivity contribution in [3.63, 3.8) is 0 Å². The first-order valence-corrected chi connectivity index (χ1v) is 11.6. The zero-order valence-corrected chi connectivity index (χ0v) is 19.4. The number of ether oxygens (including phenoxy) is 1. The fourth-order valence-electron chi connectivity index (χ4n) is 4.42. The number of hydrogen-bond donors (Lipinski definition) is 1. The summed E-state index contributed by atoms with van der Waals surface area (Å²) in [5.41, 5.74) is 5.91. The van der Waals surface area contributed by atoms with Crippen LogP contribution in [-0.4, -0.2) is 27.0 Å². The van der Waals surface area contributed by atoms with Gasteiger partial charge in [-0.1, -0.05) is 56.3 Å². The van der Waals surface area contributed by atoms with Gasteiger partial charge in [0.15, 0.2) is 11.5 Å². The predicted molar refractivity (Wildman–Crippen MR) is 130 cm³/mol. The lowest BCUT2D eigenvalue weighted by Gasteiger charge is -2.34. The summed E-state index contributed by atoms with van der Waals surface area (Å²) in [5, 5.41) is 9.81. The van der Waals surface area contributed by atoms with Gasteiger partial charge in [-0.2, -0.15) is 0 Å². The number of fused-ring (bicyclic) bond motifs is 2. The van der Waals surface area contributed by atoms with Crippen molar-refractivity contribution >= 4 is 17.1 Å². The number of carboxylic acids is 1. The second-order valence-corrected chi connectivity index (χ2v) is 9.18. The molecule has 0 saturated heterocycles. The van der Waals surface area contributed by atoms with E-state index < -0.39 is 12.0 Å². The fraction of sp³-hybridized carbons (Fsp3) is 0.286. The summed E-state index contributed by atoms with van der Waals surface area (Å²) >= 11 is 0. The monoisotopic (exact) mass is 456 g/mol. The van der Waals surface area contributed by atoms with E-state index in [9.17, 15) is 9.90 Å². The van der Waals surface area contributed by atoms with Crippen LogP contribution < -0.4 is 4.74 Å². The van der Waals surface area contributed by atoms with E-state index in [0.29, 0.717) is 26.1 Å². The largest absolute Gasteiger partial charge is 0.489 e. The molecule has 4 aromatic rings. The molecule has 1 N–H and O–H groups in total. The third kappa shape index (κ3) is 4.68. The Morgan fingerprint density at radius 3 is 2.68 bits per heavy atom. The van der Waals surface area contributed by atoms with Gasteiger partial charge in [0, 0.05) is 19.0 Å². The van der Waals surface area contributed by atoms with Crippen molar-refractivity contribution in [2.75, 3.05) is 0 Å². The Balaban J connectivity index is 1.31. The lowest BCUT2D eigenvalue weighted by atomic mass is 9.93. The smallest absolute Gasteiger partial charge is 0.321 e. The molecule has 1 atom stereocenters. The number of hydrogen-bond acceptors (Lipinski definition) is 5. The van der Waals surface area contributed by atoms with E-state index in [1.54, 1.807) is 0 Å². The first-order chi connectivity index (χ1) is 16.5. The average Bonchev–Trinajstić information content (AvgIpc) is 3.27. The van der Waals surface area contributed by atoms with Crippen LogP contribution in [0.1, 0.15) is 47.9 Å². The number of carboxylic acid groups (broad SMARTS) is 1. The van der Waals surface area contributed by atoms with Crippen LogP contribution in [0.3, 0.4) is 0 Å². The van der Waals surface area contributed by atoms with Crippen molar-refractivity contribution in [3.05, 3.63) is 94.9 Å². The number of rotatable bonds is 7. The molecule has 0 radical (unpaired) electrons. The molecule has 2 heterocycles. The molecule has 0 aliphatic carbocycles. The highest BCUT2D eigenvalue weighted by Gasteiger charge is 2.31. The molecular weight excluding hydrogens is 428 g/mol. The highest BCUT2D eigenvalue weighted by Crippen LogP contribution is 2.29. The number of nitrogens with zero attached hydrogens (tertiary/aromatic N) is 2. The van der Waals surface area contributed by atoms with E-state index in [0.717, 1.165) is 45.0 Å². The number of oxazole rings is 1. The van der Waals surface area contributed by atoms with Crippen molar-refractivity contribution in [2.24, 2.45) is 0 Å². The van der Waals surface area contributed by atoms with Gasteiger partial charge >= 0.3 is 5.97 Å². The van der Waals surface area contributed by atoms with Gasteiger partial charge in [-0.15, -0.1) is 0 Å². The second-order valence-electron chi connectivity index (χ2n) is 9.18. The Morgan fingerprint density at radius 2 is 1.91 bits per heavy atom. The number of aromatic nitrogens is 1. The van der Waals surface area contributed by atoms with Crippen LogP contribution in [0.2, 0.25) is 0 Å². The topological polar surface area (TPSA) is 75.8 Å². The lowest BCUT2D eigenvalue weighted by Crippen LogP contribution is -2.45. The fourth-order valence-corrected chi connectivity index (χ4v) is 4.42. The van der Waals surface area contributed by atoms with Crippen LogP contribution in [0.5, 0.6) is 5.75 Å². The Kier molecular flexibility index (Phi) is 6.07. The van der Waals surface area contributed by atoms with Crippen molar-refractivity contribution < 1.29 is 19.1 Å². The van der Waals surface area contributed by atoms with Gasteiger partial charge in [0.2, 0.25) is 0 Å². The quantitative estimate of drug-likeness (QED) is 0.393. The van der Waals surface area contributed by atoms with Gasteiger partial charge < -0.3 is 14.3 Å². The normalized spacial score (nSPS) is 16.0. The molecule has 1 aliphatic rings. The molecule has 6 nitrogen and oxygen atoms in total. The van der Waals surface area contributed by atoms with Crippen LogP contribution >= 0.6 is 0 Å². The molecule has 0 amide bonds. The predicted octanol–water partition coefficient (Wildman–Crippen LogP) is 5.54. The standard InChI is InChI=1S/C28H28N2O4/c1-18(2)27-29-24-11-8-20(12-26(24)34-27)17-33-23-10-9-21-14-25(28(31)32)30(16-22(21)13-23)15-19-6-4-3-5-7-19/h3-13,18,25H,14-17H2,1-2H3,(H,31,32)/t25-/m0/s1. The first-order valence-electron chi connectivity index (χ1n) is 11.6. The molecule has 0 bridgehead atoms. The van der Waals surface area contributed by atoms with Crippen LogP contribution in [0, 0.1) is 0 Å². The molecule has 1 aromatic heterocycles. The van der Waals surface area contributed by atoms with Crippen LogP contribution in [-0.2, 0) is 30.9 Å². The highest BCUT2D eigenvalue weighted by atomic mass is 16.5. The molecule has 3 aromatic carbocycles. The van der Waals surface area contributed by atoms with Crippen molar-refractivity contribution in [1.82, 2.24) is 9.88 Å². The molecule has 5 rings (SSSR count). The van der Waals surface area contributed by atoms with Crippen LogP contribution in [0.4, 0.5) is 0 Å². The minimum Gasteiger partial charge on any atom is -0.489 e. The van der Waals surface area contributed by atoms with Crippen molar-refractivity contribution in [3.8, 4) is 5.75 Å². The van der Waals surface area contributed by atoms with Gasteiger partial charge in [-0.25, -0.2) is 4.98 Å². The molecule has 0 spiro atoms. The number of benzene rings is 3. The Hall–Kier alpha value is -3.64. The van der Waals surface area contributed by atoms with Crippen LogP contribution in [0.25, 0.3) is 11.1 Å². The summed E-state index contributed by atoms with van der Waals surface area (Å²) < 4.78 is 12.0. The van der Waals surface area contributed by atoms with E-state index in [2.05, 4.69) is 18.8 Å². The van der Waals surface area contributed by atoms with Gasteiger partial charge in [-0.3, -0.25) is 9.69 Å². The number of aliphatic carboxylic acids is 1. The van der Waals surface area contributed by atoms with Crippen LogP contribution in [0.15, 0.2) is 71.1 Å². The Labute approximate surface area is 198 Å². The van der Waals surface area contributed by atoms with E-state index >= 15 is 0 Å². The molecule has 0 unspecified atom stereocenters. The Bertz CT molecular complexity index is 1310. The molecule has 34 heavy (non-hydrogen) atoms. The average molecular weight is 457 g/mol. The van der Waals surface area contributed by atoms with Gasteiger partial charge in [-0.05, 0) is 52.9 Å². The summed E-state index contributed by atoms with van der Waals surface area (Å²) in [7, 11) is 0. The second kappa shape index (κ2) is 9.31. The summed E-state index contributed by atoms with van der Waals surface area (Å²) in [6.07, 6.45) is 0.484. The van der Waals surface area contributed by atoms with E-state index in [4.69, 9.17) is 9.15 Å². The SMILES string of the molecule is CC(C)c1nc2ccc(COc3ccc4c(c3)CN(Cc3ccccc3)[C@H](C(=O)O)C4)cc2o1. The zero-order valence-electron chi connectivity index (χ0n) is 19.4. The maximum Gasteiger partial charge on any atom is 0.321 e. The van der Waals surface area contributed by atoms with E-state index in [1.807, 2.05) is 71.6 Å². The van der Waals surface area contributed by atoms with Gasteiger partial charge in [0.1, 0.15) is 23.9 Å². The molecule has 0 saturated carbocycles. The van der Waals surface area contributed by atoms with Gasteiger partial charge in [0.05, 0.1) is 0 Å². The van der Waals surface area contributed by atoms with E-state index in [1.165, 1.54) is 0 Å². The van der Waals surface area contributed by atoms with E-state index in [-0.39, 0.29) is 5.92 Å². The maximum atomic E-state index is 11.9. The maximum absolute atomic E-state index is 11.9. The van der Waals surface area contributed by atoms with Gasteiger partial charge in [0.25, 0.3) is 0 Å². The number of carbonyl (C=O) groups is 1. The zero-order chi connectivity index (χ0) is 23.7. The molecule has 174 valence electrons. The Morgan fingerprint density at radius 1 is 1.09 bits per heavy atom. The minimum absolute atomic E-state index is 0.241. The van der Waals surface area contributed by atoms with Crippen molar-refractivity contribution in [2.45, 2.75) is 51.9 Å². The summed E-state index contributed by atoms with van der Waals surface area (Å²) in [6, 6.07) is 21.4. The molecule has 6 heteroatoms. The lowest BCUT2D eigenvalue weighted by molar-refractivity contribution is -0.144. The minimum atomic E-state index is -0.787. The first kappa shape index (κ1) is 22.2. The highest BCUT2D eigenvalue weighted by molar-refractivity contribution is 5.75. The summed E-state index contributed by atoms with van der Waals surface area (Å²) in [5.74, 6) is 0.963. The summed E-state index contributed by atoms with van der Waals surface area (Å²) in [4.78, 5) is 18.5. The van der Waals surface area contributed by atoms with Crippen molar-refractivity contribution in [1.29, 1.82) is 0 Å². The molecule has 1 aliphatic heterocycles. The molecular formula is C28H28N2O4. The third-order valence-electron chi connectivity index (χ3n) is 6.29. The molecule has 0 fully saturated rings.